The fourth-order valence-electron chi connectivity index (χ4n) is 0.516. The van der Waals surface area contributed by atoms with Crippen LogP contribution in [0.3, 0.4) is 0 Å². The van der Waals surface area contributed by atoms with Crippen molar-refractivity contribution >= 4 is 39.2 Å². The molecule has 1 aliphatic heterocycles. The van der Waals surface area contributed by atoms with Gasteiger partial charge in [0.05, 0.1) is 13.2 Å². The van der Waals surface area contributed by atoms with E-state index in [1.54, 1.807) is 0 Å². The number of hydrogen-bond donors (Lipinski definition) is 2. The maximum absolute atomic E-state index is 8.44. The van der Waals surface area contributed by atoms with Crippen molar-refractivity contribution in [3.63, 3.8) is 0 Å². The molecule has 0 aliphatic carbocycles. The van der Waals surface area contributed by atoms with Crippen LogP contribution < -0.4 is 56.3 Å². The van der Waals surface area contributed by atoms with Crippen LogP contribution in [-0.4, -0.2) is 77.3 Å². The molecule has 0 aromatic heterocycles. The summed E-state index contributed by atoms with van der Waals surface area (Å²) in [5, 5.41) is 10.8. The predicted molar refractivity (Wildman–Crippen MR) is 52.5 cm³/mol. The Morgan fingerprint density at radius 1 is 1.24 bits per heavy atom. The third-order valence-electron chi connectivity index (χ3n) is 0.938. The zero-order valence-electron chi connectivity index (χ0n) is 8.77. The summed E-state index contributed by atoms with van der Waals surface area (Å²) >= 11 is -1.62. The Labute approximate surface area is 157 Å². The molecule has 0 bridgehead atoms. The van der Waals surface area contributed by atoms with Crippen LogP contribution in [0.2, 0.25) is 0 Å². The molecular formula is C7H13Br3NO4SbSe. The van der Waals surface area contributed by atoms with Crippen LogP contribution >= 0.6 is 0 Å². The summed E-state index contributed by atoms with van der Waals surface area (Å²) in [6, 6.07) is 0. The zero-order valence-corrected chi connectivity index (χ0v) is 17.8. The van der Waals surface area contributed by atoms with Crippen LogP contribution in [0.1, 0.15) is 0 Å². The zero-order chi connectivity index (χ0) is 10.4. The number of halogens is 3. The van der Waals surface area contributed by atoms with Crippen molar-refractivity contribution < 1.29 is 68.5 Å². The van der Waals surface area contributed by atoms with Crippen molar-refractivity contribution in [1.82, 2.24) is 5.32 Å². The van der Waals surface area contributed by atoms with E-state index in [9.17, 15) is 0 Å². The number of morpholine rings is 1. The van der Waals surface area contributed by atoms with Gasteiger partial charge < -0.3 is 66.1 Å². The summed E-state index contributed by atoms with van der Waals surface area (Å²) in [5.41, 5.74) is 0. The maximum Gasteiger partial charge on any atom is 3.00 e. The van der Waals surface area contributed by atoms with E-state index >= 15 is 0 Å². The predicted octanol–water partition coefficient (Wildman–Crippen LogP) is -10.8. The molecule has 0 spiro atoms. The van der Waals surface area contributed by atoms with Crippen LogP contribution in [0.4, 0.5) is 0 Å². The molecule has 5 nitrogen and oxygen atoms in total. The summed E-state index contributed by atoms with van der Waals surface area (Å²) in [4.78, 5) is 0. The van der Waals surface area contributed by atoms with Gasteiger partial charge in [-0.05, 0) is 0 Å². The Morgan fingerprint density at radius 2 is 1.53 bits per heavy atom. The monoisotopic (exact) mass is 613 g/mol. The number of ether oxygens (including phenoxy) is 1. The van der Waals surface area contributed by atoms with Gasteiger partial charge in [0.25, 0.3) is 0 Å². The molecule has 0 amide bonds. The molecule has 1 aliphatic rings. The van der Waals surface area contributed by atoms with Crippen LogP contribution in [0, 0.1) is 12.3 Å². The van der Waals surface area contributed by atoms with E-state index in [4.69, 9.17) is 17.5 Å². The van der Waals surface area contributed by atoms with Gasteiger partial charge in [-0.15, -0.1) is 6.42 Å². The Hall–Kier alpha value is 1.82. The topological polar surface area (TPSA) is 75.6 Å². The van der Waals surface area contributed by atoms with Gasteiger partial charge in [0.15, 0.2) is 0 Å². The minimum Gasteiger partial charge on any atom is -1.00 e. The van der Waals surface area contributed by atoms with Gasteiger partial charge in [-0.2, -0.15) is 0 Å². The van der Waals surface area contributed by atoms with E-state index in [0.717, 1.165) is 26.3 Å². The van der Waals surface area contributed by atoms with Gasteiger partial charge in [0.2, 0.25) is 0 Å². The standard InChI is InChI=1S/C4H9NO.C3H4O.3BrH.O2Se.Sb/c1-3-6-4-2-5-1;1-2-3-4;;;;1-3-2;/h5H,1-4H2;1,4H,3H2;3*1H;;/q;;;;;;+3/p-3. The van der Waals surface area contributed by atoms with Gasteiger partial charge in [-0.3, -0.25) is 0 Å². The molecule has 1 heterocycles. The molecule has 102 valence electrons. The molecule has 2 N–H and O–H groups in total. The maximum atomic E-state index is 8.44. The first-order valence-electron chi connectivity index (χ1n) is 3.58. The Bertz CT molecular complexity index is 163. The largest absolute Gasteiger partial charge is 3.00 e. The smallest absolute Gasteiger partial charge is 1.00 e. The normalized spacial score (nSPS) is 10.4. The van der Waals surface area contributed by atoms with Crippen molar-refractivity contribution in [3.05, 3.63) is 0 Å². The van der Waals surface area contributed by atoms with E-state index in [1.165, 1.54) is 0 Å². The molecule has 0 saturated carbocycles. The molecule has 0 aromatic carbocycles. The van der Waals surface area contributed by atoms with Gasteiger partial charge in [-0.25, -0.2) is 0 Å². The van der Waals surface area contributed by atoms with E-state index in [0.29, 0.717) is 0 Å². The summed E-state index contributed by atoms with van der Waals surface area (Å²) < 4.78 is 21.9. The minimum absolute atomic E-state index is 0. The van der Waals surface area contributed by atoms with Crippen LogP contribution in [0.5, 0.6) is 0 Å². The number of aliphatic hydroxyl groups is 1. The number of aliphatic hydroxyl groups excluding tert-OH is 1. The van der Waals surface area contributed by atoms with Crippen LogP contribution in [0.15, 0.2) is 0 Å². The minimum atomic E-state index is -1.62. The van der Waals surface area contributed by atoms with Gasteiger partial charge in [0.1, 0.15) is 6.61 Å². The van der Waals surface area contributed by atoms with E-state index in [1.807, 2.05) is 5.92 Å². The quantitative estimate of drug-likeness (QED) is 0.209. The fraction of sp³-hybridized carbons (Fsp3) is 0.714. The first-order chi connectivity index (χ1) is 6.33. The van der Waals surface area contributed by atoms with Crippen molar-refractivity contribution in [3.8, 4) is 12.3 Å². The van der Waals surface area contributed by atoms with Gasteiger partial charge in [-0.1, -0.05) is 5.92 Å². The SMILES string of the molecule is C#CCO.C1COCCN1.O=[Se]=O.[Br-].[Br-].[Br-].[Sb+3]. The molecular weight excluding hydrogens is 603 g/mol. The van der Waals surface area contributed by atoms with Crippen molar-refractivity contribution in [1.29, 1.82) is 0 Å². The van der Waals surface area contributed by atoms with Gasteiger partial charge in [0, 0.05) is 13.1 Å². The Balaban J connectivity index is -0.0000000253. The average Bonchev–Trinajstić information content (AvgIpc) is 2.22. The second-order valence-corrected chi connectivity index (χ2v) is 2.08. The molecule has 17 heavy (non-hydrogen) atoms. The average molecular weight is 616 g/mol. The second-order valence-electron chi connectivity index (χ2n) is 1.79. The van der Waals surface area contributed by atoms with Gasteiger partial charge >= 0.3 is 46.9 Å². The number of hydrogen-bond acceptors (Lipinski definition) is 5. The number of rotatable bonds is 0. The van der Waals surface area contributed by atoms with E-state index in [2.05, 4.69) is 11.7 Å². The van der Waals surface area contributed by atoms with Crippen molar-refractivity contribution in [2.75, 3.05) is 32.9 Å². The molecule has 0 atom stereocenters. The summed E-state index contributed by atoms with van der Waals surface area (Å²) in [7, 11) is 0. The molecule has 2 radical (unpaired) electrons. The van der Waals surface area contributed by atoms with Crippen LogP contribution in [-0.2, 0) is 12.4 Å². The molecule has 1 rings (SSSR count). The van der Waals surface area contributed by atoms with Crippen molar-refractivity contribution in [2.45, 2.75) is 0 Å². The molecule has 0 unspecified atom stereocenters. The molecule has 1 saturated heterocycles. The Morgan fingerprint density at radius 3 is 1.59 bits per heavy atom. The fourth-order valence-corrected chi connectivity index (χ4v) is 0.516. The molecule has 10 heteroatoms. The Kier molecular flexibility index (Phi) is 92.1. The summed E-state index contributed by atoms with van der Waals surface area (Å²) in [5.74, 6) is 1.99. The number of terminal acetylenes is 1. The van der Waals surface area contributed by atoms with Crippen LogP contribution in [0.25, 0.3) is 0 Å². The van der Waals surface area contributed by atoms with E-state index < -0.39 is 14.8 Å². The first-order valence-corrected chi connectivity index (χ1v) is 4.97. The third-order valence-corrected chi connectivity index (χ3v) is 0.938. The third kappa shape index (κ3) is 57.3. The second kappa shape index (κ2) is 43.1. The summed E-state index contributed by atoms with van der Waals surface area (Å²) in [6.07, 6.45) is 4.53. The van der Waals surface area contributed by atoms with E-state index in [-0.39, 0.29) is 82.0 Å². The first kappa shape index (κ1) is 36.4. The number of nitrogens with one attached hydrogen (secondary N) is 1. The van der Waals surface area contributed by atoms with Crippen molar-refractivity contribution in [2.24, 2.45) is 0 Å². The summed E-state index contributed by atoms with van der Waals surface area (Å²) in [6.45, 7) is 3.68. The molecule has 0 aromatic rings. The molecule has 1 fully saturated rings.